The van der Waals surface area contributed by atoms with Gasteiger partial charge in [-0.2, -0.15) is 0 Å². The molecule has 0 unspecified atom stereocenters. The lowest BCUT2D eigenvalue weighted by molar-refractivity contribution is 0.245. The third-order valence-corrected chi connectivity index (χ3v) is 4.39. The van der Waals surface area contributed by atoms with Gasteiger partial charge in [-0.1, -0.05) is 0 Å². The van der Waals surface area contributed by atoms with Gasteiger partial charge < -0.3 is 5.11 Å². The summed E-state index contributed by atoms with van der Waals surface area (Å²) in [4.78, 5) is 0. The smallest absolute Gasteiger partial charge is 0.217 e. The molecule has 0 atom stereocenters. The molecule has 0 aromatic carbocycles. The van der Waals surface area contributed by atoms with Crippen molar-refractivity contribution in [3.8, 4) is 0 Å². The zero-order valence-corrected chi connectivity index (χ0v) is 10.4. The summed E-state index contributed by atoms with van der Waals surface area (Å²) in [6.07, 6.45) is 0.405. The molecule has 0 aromatic heterocycles. The fourth-order valence-electron chi connectivity index (χ4n) is 0.847. The number of nitrogens with one attached hydrogen (secondary N) is 1. The van der Waals surface area contributed by atoms with Gasteiger partial charge in [0.1, 0.15) is 0 Å². The Hall–Kier alpha value is -0.130. The van der Waals surface area contributed by atoms with E-state index in [2.05, 4.69) is 4.72 Å². The van der Waals surface area contributed by atoms with Crippen LogP contribution in [0, 0.1) is 0 Å². The summed E-state index contributed by atoms with van der Waals surface area (Å²) in [6.45, 7) is 8.41. The van der Waals surface area contributed by atoms with E-state index in [1.54, 1.807) is 34.6 Å². The Morgan fingerprint density at radius 1 is 1.14 bits per heavy atom. The monoisotopic (exact) mass is 223 g/mol. The molecule has 0 aliphatic rings. The molecule has 0 spiro atoms. The minimum atomic E-state index is -3.34. The maximum atomic E-state index is 11.7. The van der Waals surface area contributed by atoms with E-state index in [-0.39, 0.29) is 6.61 Å². The predicted molar refractivity (Wildman–Crippen MR) is 57.6 cm³/mol. The van der Waals surface area contributed by atoms with Gasteiger partial charge in [-0.25, -0.2) is 13.1 Å². The average Bonchev–Trinajstić information content (AvgIpc) is 1.80. The molecule has 0 aromatic rings. The van der Waals surface area contributed by atoms with Crippen LogP contribution in [0.5, 0.6) is 0 Å². The minimum Gasteiger partial charge on any atom is -0.396 e. The average molecular weight is 223 g/mol. The number of aliphatic hydroxyl groups is 1. The maximum absolute atomic E-state index is 11.7. The van der Waals surface area contributed by atoms with E-state index in [0.29, 0.717) is 6.42 Å². The van der Waals surface area contributed by atoms with E-state index in [0.717, 1.165) is 0 Å². The zero-order valence-electron chi connectivity index (χ0n) is 9.59. The maximum Gasteiger partial charge on any atom is 0.217 e. The highest BCUT2D eigenvalue weighted by Gasteiger charge is 2.33. The van der Waals surface area contributed by atoms with Crippen molar-refractivity contribution in [1.29, 1.82) is 0 Å². The van der Waals surface area contributed by atoms with Gasteiger partial charge in [0.25, 0.3) is 0 Å². The molecule has 5 heteroatoms. The van der Waals surface area contributed by atoms with Crippen molar-refractivity contribution in [3.05, 3.63) is 0 Å². The standard InChI is InChI=1S/C9H21NO3S/c1-8(2,3)14(12,13)10-9(4,5)6-7-11/h10-11H,6-7H2,1-5H3. The quantitative estimate of drug-likeness (QED) is 0.743. The molecule has 4 nitrogen and oxygen atoms in total. The van der Waals surface area contributed by atoms with Crippen LogP contribution in [-0.2, 0) is 10.0 Å². The van der Waals surface area contributed by atoms with E-state index in [9.17, 15) is 8.42 Å². The molecule has 0 saturated heterocycles. The van der Waals surface area contributed by atoms with Crippen molar-refractivity contribution < 1.29 is 13.5 Å². The minimum absolute atomic E-state index is 0.0281. The second-order valence-corrected chi connectivity index (χ2v) is 7.51. The fourth-order valence-corrected chi connectivity index (χ4v) is 1.98. The molecule has 0 rings (SSSR count). The molecule has 0 saturated carbocycles. The van der Waals surface area contributed by atoms with Crippen molar-refractivity contribution >= 4 is 10.0 Å². The summed E-state index contributed by atoms with van der Waals surface area (Å²) in [5, 5.41) is 8.77. The molecule has 0 aliphatic heterocycles. The number of hydrogen-bond acceptors (Lipinski definition) is 3. The molecule has 0 radical (unpaired) electrons. The van der Waals surface area contributed by atoms with Crippen molar-refractivity contribution in [3.63, 3.8) is 0 Å². The van der Waals surface area contributed by atoms with Crippen LogP contribution in [0.4, 0.5) is 0 Å². The van der Waals surface area contributed by atoms with Crippen molar-refractivity contribution in [2.75, 3.05) is 6.61 Å². The highest BCUT2D eigenvalue weighted by Crippen LogP contribution is 2.18. The lowest BCUT2D eigenvalue weighted by Gasteiger charge is -2.30. The highest BCUT2D eigenvalue weighted by molar-refractivity contribution is 7.90. The highest BCUT2D eigenvalue weighted by atomic mass is 32.2. The molecule has 2 N–H and O–H groups in total. The Balaban J connectivity index is 4.69. The molecule has 86 valence electrons. The normalized spacial score (nSPS) is 14.4. The first kappa shape index (κ1) is 13.9. The number of rotatable bonds is 4. The molecule has 0 heterocycles. The van der Waals surface area contributed by atoms with Crippen LogP contribution < -0.4 is 4.72 Å². The first-order chi connectivity index (χ1) is 6.02. The van der Waals surface area contributed by atoms with Crippen LogP contribution in [-0.4, -0.2) is 30.4 Å². The molecule has 0 bridgehead atoms. The summed E-state index contributed by atoms with van der Waals surface area (Å²) < 4.78 is 25.3. The summed E-state index contributed by atoms with van der Waals surface area (Å²) in [5.74, 6) is 0. The summed E-state index contributed by atoms with van der Waals surface area (Å²) in [7, 11) is -3.34. The third-order valence-electron chi connectivity index (χ3n) is 1.95. The van der Waals surface area contributed by atoms with E-state index in [4.69, 9.17) is 5.11 Å². The van der Waals surface area contributed by atoms with E-state index in [1.165, 1.54) is 0 Å². The van der Waals surface area contributed by atoms with Crippen LogP contribution in [0.15, 0.2) is 0 Å². The van der Waals surface area contributed by atoms with Crippen LogP contribution in [0.3, 0.4) is 0 Å². The molecular weight excluding hydrogens is 202 g/mol. The van der Waals surface area contributed by atoms with Crippen LogP contribution >= 0.6 is 0 Å². The van der Waals surface area contributed by atoms with Gasteiger partial charge in [-0.05, 0) is 41.0 Å². The topological polar surface area (TPSA) is 66.4 Å². The van der Waals surface area contributed by atoms with Gasteiger partial charge in [0, 0.05) is 12.1 Å². The van der Waals surface area contributed by atoms with Gasteiger partial charge in [0.15, 0.2) is 0 Å². The lowest BCUT2D eigenvalue weighted by atomic mass is 10.0. The van der Waals surface area contributed by atoms with Crippen LogP contribution in [0.1, 0.15) is 41.0 Å². The Kier molecular flexibility index (Phi) is 4.12. The van der Waals surface area contributed by atoms with Crippen LogP contribution in [0.25, 0.3) is 0 Å². The Bertz CT molecular complexity index is 275. The summed E-state index contributed by atoms with van der Waals surface area (Å²) in [6, 6.07) is 0. The van der Waals surface area contributed by atoms with Gasteiger partial charge in [0.2, 0.25) is 10.0 Å². The van der Waals surface area contributed by atoms with E-state index < -0.39 is 20.3 Å². The lowest BCUT2D eigenvalue weighted by Crippen LogP contribution is -2.50. The second kappa shape index (κ2) is 4.16. The van der Waals surface area contributed by atoms with E-state index in [1.807, 2.05) is 0 Å². The van der Waals surface area contributed by atoms with Crippen molar-refractivity contribution in [2.45, 2.75) is 51.3 Å². The predicted octanol–water partition coefficient (Wildman–Crippen LogP) is 0.865. The Morgan fingerprint density at radius 2 is 1.57 bits per heavy atom. The van der Waals surface area contributed by atoms with Crippen LogP contribution in [0.2, 0.25) is 0 Å². The molecule has 14 heavy (non-hydrogen) atoms. The zero-order chi connectivity index (χ0) is 11.6. The second-order valence-electron chi connectivity index (χ2n) is 5.08. The van der Waals surface area contributed by atoms with Gasteiger partial charge in [-0.3, -0.25) is 0 Å². The molecule has 0 aliphatic carbocycles. The van der Waals surface area contributed by atoms with Crippen molar-refractivity contribution in [1.82, 2.24) is 4.72 Å². The van der Waals surface area contributed by atoms with Gasteiger partial charge in [0.05, 0.1) is 4.75 Å². The molecule has 0 amide bonds. The first-order valence-electron chi connectivity index (χ1n) is 4.66. The summed E-state index contributed by atoms with van der Waals surface area (Å²) >= 11 is 0. The largest absolute Gasteiger partial charge is 0.396 e. The third kappa shape index (κ3) is 3.94. The Morgan fingerprint density at radius 3 is 1.86 bits per heavy atom. The van der Waals surface area contributed by atoms with Gasteiger partial charge >= 0.3 is 0 Å². The first-order valence-corrected chi connectivity index (χ1v) is 6.14. The van der Waals surface area contributed by atoms with Gasteiger partial charge in [-0.15, -0.1) is 0 Å². The fraction of sp³-hybridized carbons (Fsp3) is 1.00. The molecule has 0 fully saturated rings. The summed E-state index contributed by atoms with van der Waals surface area (Å²) in [5.41, 5.74) is -0.596. The number of sulfonamides is 1. The van der Waals surface area contributed by atoms with E-state index >= 15 is 0 Å². The Labute approximate surface area is 86.8 Å². The number of aliphatic hydroxyl groups excluding tert-OH is 1. The SMILES string of the molecule is CC(C)(CCO)NS(=O)(=O)C(C)(C)C. The molecular formula is C9H21NO3S. The number of hydrogen-bond donors (Lipinski definition) is 2. The van der Waals surface area contributed by atoms with Crippen molar-refractivity contribution in [2.24, 2.45) is 0 Å².